The molecule has 15 heavy (non-hydrogen) atoms. The number of halogens is 2. The summed E-state index contributed by atoms with van der Waals surface area (Å²) in [6.07, 6.45) is 0. The van der Waals surface area contributed by atoms with Crippen LogP contribution < -0.4 is 10.6 Å². The second-order valence-electron chi connectivity index (χ2n) is 2.91. The van der Waals surface area contributed by atoms with Crippen LogP contribution in [-0.2, 0) is 4.79 Å². The summed E-state index contributed by atoms with van der Waals surface area (Å²) in [6.45, 7) is 2.40. The van der Waals surface area contributed by atoms with Crippen LogP contribution in [0.3, 0.4) is 0 Å². The van der Waals surface area contributed by atoms with E-state index in [1.807, 2.05) is 6.92 Å². The van der Waals surface area contributed by atoms with Gasteiger partial charge in [-0.3, -0.25) is 4.79 Å². The lowest BCUT2D eigenvalue weighted by Gasteiger charge is -2.07. The topological polar surface area (TPSA) is 41.1 Å². The Balaban J connectivity index is 2.58. The van der Waals surface area contributed by atoms with Gasteiger partial charge in [0.1, 0.15) is 0 Å². The molecule has 0 radical (unpaired) electrons. The van der Waals surface area contributed by atoms with E-state index in [1.54, 1.807) is 6.07 Å². The third-order valence-corrected chi connectivity index (χ3v) is 2.06. The molecule has 0 aliphatic carbocycles. The van der Waals surface area contributed by atoms with Gasteiger partial charge in [-0.05, 0) is 19.1 Å². The number of hydrogen-bond donors (Lipinski definition) is 2. The molecule has 1 rings (SSSR count). The largest absolute Gasteiger partial charge is 0.374 e. The van der Waals surface area contributed by atoms with Crippen molar-refractivity contribution in [3.63, 3.8) is 0 Å². The van der Waals surface area contributed by atoms with E-state index in [9.17, 15) is 9.18 Å². The lowest BCUT2D eigenvalue weighted by molar-refractivity contribution is -0.119. The molecule has 0 saturated carbocycles. The zero-order chi connectivity index (χ0) is 11.3. The number of hydrogen-bond acceptors (Lipinski definition) is 2. The molecular weight excluding hydrogens is 219 g/mol. The lowest BCUT2D eigenvalue weighted by Crippen LogP contribution is -2.29. The van der Waals surface area contributed by atoms with Gasteiger partial charge < -0.3 is 10.6 Å². The van der Waals surface area contributed by atoms with Crippen LogP contribution in [0.4, 0.5) is 10.1 Å². The van der Waals surface area contributed by atoms with Crippen molar-refractivity contribution in [2.45, 2.75) is 6.92 Å². The first kappa shape index (κ1) is 11.8. The molecule has 0 saturated heterocycles. The summed E-state index contributed by atoms with van der Waals surface area (Å²) in [5.74, 6) is -0.722. The van der Waals surface area contributed by atoms with E-state index in [-0.39, 0.29) is 23.2 Å². The Labute approximate surface area is 92.6 Å². The first-order valence-corrected chi connectivity index (χ1v) is 4.97. The van der Waals surface area contributed by atoms with E-state index in [0.29, 0.717) is 6.54 Å². The molecule has 0 heterocycles. The summed E-state index contributed by atoms with van der Waals surface area (Å²) in [7, 11) is 0. The van der Waals surface area contributed by atoms with Gasteiger partial charge in [0.25, 0.3) is 0 Å². The maximum Gasteiger partial charge on any atom is 0.239 e. The zero-order valence-corrected chi connectivity index (χ0v) is 9.07. The van der Waals surface area contributed by atoms with Gasteiger partial charge in [0, 0.05) is 6.54 Å². The molecule has 1 amide bonds. The third-order valence-electron chi connectivity index (χ3n) is 1.76. The third kappa shape index (κ3) is 3.40. The van der Waals surface area contributed by atoms with Crippen LogP contribution in [0.2, 0.25) is 5.02 Å². The number of likely N-dealkylation sites (N-methyl/N-ethyl adjacent to an activating group) is 1. The molecule has 1 aromatic rings. The Morgan fingerprint density at radius 3 is 2.93 bits per heavy atom. The van der Waals surface area contributed by atoms with Gasteiger partial charge in [-0.15, -0.1) is 0 Å². The maximum absolute atomic E-state index is 13.3. The summed E-state index contributed by atoms with van der Waals surface area (Å²) in [6, 6.07) is 4.60. The van der Waals surface area contributed by atoms with E-state index in [4.69, 9.17) is 11.6 Å². The van der Waals surface area contributed by atoms with Gasteiger partial charge in [0.2, 0.25) is 5.91 Å². The van der Waals surface area contributed by atoms with Gasteiger partial charge in [-0.2, -0.15) is 0 Å². The van der Waals surface area contributed by atoms with Gasteiger partial charge in [-0.25, -0.2) is 4.39 Å². The molecule has 0 unspecified atom stereocenters. The highest BCUT2D eigenvalue weighted by atomic mass is 35.5. The summed E-state index contributed by atoms with van der Waals surface area (Å²) < 4.78 is 13.3. The number of carbonyl (C=O) groups is 1. The Kier molecular flexibility index (Phi) is 4.37. The van der Waals surface area contributed by atoms with Crippen molar-refractivity contribution in [3.8, 4) is 0 Å². The van der Waals surface area contributed by atoms with Crippen molar-refractivity contribution in [3.05, 3.63) is 29.0 Å². The fourth-order valence-corrected chi connectivity index (χ4v) is 1.25. The molecule has 0 fully saturated rings. The SMILES string of the molecule is CCNC(=O)CNc1cccc(Cl)c1F. The zero-order valence-electron chi connectivity index (χ0n) is 8.31. The highest BCUT2D eigenvalue weighted by Gasteiger charge is 2.06. The van der Waals surface area contributed by atoms with Crippen LogP contribution in [0.5, 0.6) is 0 Å². The molecule has 5 heteroatoms. The standard InChI is InChI=1S/C10H12ClFN2O/c1-2-13-9(15)6-14-8-5-3-4-7(11)10(8)12/h3-5,14H,2,6H2,1H3,(H,13,15). The molecule has 0 atom stereocenters. The Morgan fingerprint density at radius 1 is 1.53 bits per heavy atom. The number of anilines is 1. The molecule has 0 aliphatic rings. The molecule has 0 aliphatic heterocycles. The highest BCUT2D eigenvalue weighted by Crippen LogP contribution is 2.21. The minimum Gasteiger partial charge on any atom is -0.374 e. The number of amides is 1. The monoisotopic (exact) mass is 230 g/mol. The van der Waals surface area contributed by atoms with Gasteiger partial charge in [-0.1, -0.05) is 17.7 Å². The van der Waals surface area contributed by atoms with Crippen molar-refractivity contribution in [1.29, 1.82) is 0 Å². The first-order valence-electron chi connectivity index (χ1n) is 4.59. The van der Waals surface area contributed by atoms with Crippen LogP contribution in [-0.4, -0.2) is 19.0 Å². The average molecular weight is 231 g/mol. The van der Waals surface area contributed by atoms with Gasteiger partial charge in [0.05, 0.1) is 17.3 Å². The Morgan fingerprint density at radius 2 is 2.27 bits per heavy atom. The van der Waals surface area contributed by atoms with E-state index in [0.717, 1.165) is 0 Å². The lowest BCUT2D eigenvalue weighted by atomic mass is 10.3. The number of benzene rings is 1. The van der Waals surface area contributed by atoms with Gasteiger partial charge >= 0.3 is 0 Å². The van der Waals surface area contributed by atoms with Crippen LogP contribution >= 0.6 is 11.6 Å². The number of carbonyl (C=O) groups excluding carboxylic acids is 1. The number of rotatable bonds is 4. The summed E-state index contributed by atoms with van der Waals surface area (Å²) in [4.78, 5) is 11.1. The van der Waals surface area contributed by atoms with Crippen LogP contribution in [0, 0.1) is 5.82 Å². The quantitative estimate of drug-likeness (QED) is 0.831. The van der Waals surface area contributed by atoms with Crippen molar-refractivity contribution in [2.75, 3.05) is 18.4 Å². The average Bonchev–Trinajstić information content (AvgIpc) is 2.21. The predicted molar refractivity (Wildman–Crippen MR) is 58.6 cm³/mol. The fourth-order valence-electron chi connectivity index (χ4n) is 1.08. The number of nitrogens with one attached hydrogen (secondary N) is 2. The van der Waals surface area contributed by atoms with Crippen LogP contribution in [0.15, 0.2) is 18.2 Å². The molecule has 2 N–H and O–H groups in total. The van der Waals surface area contributed by atoms with Crippen LogP contribution in [0.1, 0.15) is 6.92 Å². The molecule has 1 aromatic carbocycles. The summed E-state index contributed by atoms with van der Waals surface area (Å²) in [5, 5.41) is 5.30. The van der Waals surface area contributed by atoms with Crippen molar-refractivity contribution < 1.29 is 9.18 Å². The van der Waals surface area contributed by atoms with E-state index in [1.165, 1.54) is 12.1 Å². The van der Waals surface area contributed by atoms with Gasteiger partial charge in [0.15, 0.2) is 5.82 Å². The van der Waals surface area contributed by atoms with E-state index >= 15 is 0 Å². The van der Waals surface area contributed by atoms with Crippen molar-refractivity contribution >= 4 is 23.2 Å². The van der Waals surface area contributed by atoms with Crippen molar-refractivity contribution in [1.82, 2.24) is 5.32 Å². The second-order valence-corrected chi connectivity index (χ2v) is 3.32. The minimum atomic E-state index is -0.538. The normalized spacial score (nSPS) is 9.80. The van der Waals surface area contributed by atoms with Crippen LogP contribution in [0.25, 0.3) is 0 Å². The molecular formula is C10H12ClFN2O. The summed E-state index contributed by atoms with van der Waals surface area (Å²) in [5.41, 5.74) is 0.230. The Bertz CT molecular complexity index is 357. The van der Waals surface area contributed by atoms with Crippen molar-refractivity contribution in [2.24, 2.45) is 0 Å². The molecule has 0 aromatic heterocycles. The van der Waals surface area contributed by atoms with E-state index in [2.05, 4.69) is 10.6 Å². The molecule has 82 valence electrons. The predicted octanol–water partition coefficient (Wildman–Crippen LogP) is 2.03. The fraction of sp³-hybridized carbons (Fsp3) is 0.300. The smallest absolute Gasteiger partial charge is 0.239 e. The molecule has 0 spiro atoms. The van der Waals surface area contributed by atoms with E-state index < -0.39 is 5.82 Å². The molecule has 0 bridgehead atoms. The minimum absolute atomic E-state index is 0.0328. The highest BCUT2D eigenvalue weighted by molar-refractivity contribution is 6.31. The second kappa shape index (κ2) is 5.56. The first-order chi connectivity index (χ1) is 7.15. The maximum atomic E-state index is 13.3. The summed E-state index contributed by atoms with van der Waals surface area (Å²) >= 11 is 5.57. The molecule has 3 nitrogen and oxygen atoms in total. The Hall–Kier alpha value is -1.29.